The van der Waals surface area contributed by atoms with Gasteiger partial charge in [0.25, 0.3) is 0 Å². The molecular weight excluding hydrogens is 298 g/mol. The van der Waals surface area contributed by atoms with Crippen LogP contribution in [0.5, 0.6) is 0 Å². The van der Waals surface area contributed by atoms with Crippen molar-refractivity contribution in [2.45, 2.75) is 46.1 Å². The molecular formula is C12H18BrN3O2. The van der Waals surface area contributed by atoms with Crippen LogP contribution in [0.15, 0.2) is 0 Å². The summed E-state index contributed by atoms with van der Waals surface area (Å²) in [5.41, 5.74) is 1.57. The quantitative estimate of drug-likeness (QED) is 0.486. The molecule has 0 N–H and O–H groups in total. The number of aryl methyl sites for hydroxylation is 1. The maximum Gasteiger partial charge on any atom is 0.312 e. The zero-order valence-corrected chi connectivity index (χ0v) is 12.4. The van der Waals surface area contributed by atoms with Crippen molar-refractivity contribution in [1.29, 1.82) is 0 Å². The molecule has 6 heteroatoms. The molecule has 5 nitrogen and oxygen atoms in total. The molecule has 1 aromatic rings. The Kier molecular flexibility index (Phi) is 3.75. The van der Waals surface area contributed by atoms with Crippen LogP contribution in [0.3, 0.4) is 0 Å². The monoisotopic (exact) mass is 315 g/mol. The zero-order chi connectivity index (χ0) is 13.3. The zero-order valence-electron chi connectivity index (χ0n) is 10.8. The number of hydrogen-bond acceptors (Lipinski definition) is 3. The van der Waals surface area contributed by atoms with E-state index in [1.807, 2.05) is 4.68 Å². The van der Waals surface area contributed by atoms with Gasteiger partial charge in [0.1, 0.15) is 11.4 Å². The molecule has 0 aromatic carbocycles. The van der Waals surface area contributed by atoms with E-state index in [1.54, 1.807) is 13.8 Å². The normalized spacial score (nSPS) is 18.2. The highest BCUT2D eigenvalue weighted by Gasteiger charge is 2.35. The second kappa shape index (κ2) is 4.99. The van der Waals surface area contributed by atoms with Crippen molar-refractivity contribution in [3.63, 3.8) is 0 Å². The van der Waals surface area contributed by atoms with Gasteiger partial charge in [0.2, 0.25) is 0 Å². The van der Waals surface area contributed by atoms with Crippen LogP contribution in [0.25, 0.3) is 0 Å². The number of hydrogen-bond donors (Lipinski definition) is 0. The minimum absolute atomic E-state index is 0.165. The molecule has 0 atom stereocenters. The maximum atomic E-state index is 11.0. The van der Waals surface area contributed by atoms with Crippen molar-refractivity contribution in [2.75, 3.05) is 5.33 Å². The minimum Gasteiger partial charge on any atom is -0.262 e. The molecule has 1 saturated carbocycles. The second-order valence-electron chi connectivity index (χ2n) is 5.27. The molecule has 0 radical (unpaired) electrons. The molecule has 1 heterocycles. The van der Waals surface area contributed by atoms with Crippen molar-refractivity contribution in [2.24, 2.45) is 5.41 Å². The first kappa shape index (κ1) is 13.5. The number of alkyl halides is 1. The van der Waals surface area contributed by atoms with E-state index < -0.39 is 0 Å². The fourth-order valence-corrected chi connectivity index (χ4v) is 3.62. The van der Waals surface area contributed by atoms with Gasteiger partial charge in [0.05, 0.1) is 4.92 Å². The van der Waals surface area contributed by atoms with Crippen LogP contribution in [-0.2, 0) is 6.54 Å². The third-order valence-electron chi connectivity index (χ3n) is 3.96. The number of aromatic nitrogens is 2. The predicted molar refractivity (Wildman–Crippen MR) is 73.1 cm³/mol. The Morgan fingerprint density at radius 1 is 1.44 bits per heavy atom. The lowest BCUT2D eigenvalue weighted by atomic mass is 9.89. The lowest BCUT2D eigenvalue weighted by Gasteiger charge is -2.26. The van der Waals surface area contributed by atoms with Crippen molar-refractivity contribution in [1.82, 2.24) is 9.78 Å². The lowest BCUT2D eigenvalue weighted by molar-refractivity contribution is -0.386. The summed E-state index contributed by atoms with van der Waals surface area (Å²) in [7, 11) is 0. The van der Waals surface area contributed by atoms with Gasteiger partial charge in [-0.1, -0.05) is 28.8 Å². The summed E-state index contributed by atoms with van der Waals surface area (Å²) in [6.07, 6.45) is 4.83. The number of nitrogens with zero attached hydrogens (tertiary/aromatic N) is 3. The minimum atomic E-state index is -0.330. The van der Waals surface area contributed by atoms with Crippen molar-refractivity contribution in [3.8, 4) is 0 Å². The van der Waals surface area contributed by atoms with Gasteiger partial charge in [0, 0.05) is 11.9 Å². The van der Waals surface area contributed by atoms with Gasteiger partial charge in [-0.05, 0) is 32.1 Å². The van der Waals surface area contributed by atoms with Gasteiger partial charge in [-0.3, -0.25) is 14.8 Å². The highest BCUT2D eigenvalue weighted by atomic mass is 79.9. The van der Waals surface area contributed by atoms with Gasteiger partial charge in [-0.25, -0.2) is 0 Å². The Bertz CT molecular complexity index is 464. The first-order valence-corrected chi connectivity index (χ1v) is 7.36. The van der Waals surface area contributed by atoms with Crippen LogP contribution in [-0.4, -0.2) is 20.0 Å². The third-order valence-corrected chi connectivity index (χ3v) is 5.15. The predicted octanol–water partition coefficient (Wildman–Crippen LogP) is 3.36. The SMILES string of the molecule is Cc1nn(CC2(CBr)CCCC2)c(C)c1[N+](=O)[O-]. The van der Waals surface area contributed by atoms with Crippen molar-refractivity contribution < 1.29 is 4.92 Å². The van der Waals surface area contributed by atoms with E-state index in [-0.39, 0.29) is 16.0 Å². The summed E-state index contributed by atoms with van der Waals surface area (Å²) in [6, 6.07) is 0. The highest BCUT2D eigenvalue weighted by Crippen LogP contribution is 2.41. The molecule has 0 spiro atoms. The first-order chi connectivity index (χ1) is 8.49. The summed E-state index contributed by atoms with van der Waals surface area (Å²) in [5.74, 6) is 0. The van der Waals surface area contributed by atoms with Crippen LogP contribution >= 0.6 is 15.9 Å². The highest BCUT2D eigenvalue weighted by molar-refractivity contribution is 9.09. The molecule has 18 heavy (non-hydrogen) atoms. The molecule has 100 valence electrons. The van der Waals surface area contributed by atoms with E-state index in [1.165, 1.54) is 25.7 Å². The lowest BCUT2D eigenvalue weighted by Crippen LogP contribution is -2.26. The van der Waals surface area contributed by atoms with Crippen molar-refractivity contribution >= 4 is 21.6 Å². The smallest absolute Gasteiger partial charge is 0.262 e. The Morgan fingerprint density at radius 3 is 2.50 bits per heavy atom. The molecule has 0 amide bonds. The summed E-state index contributed by atoms with van der Waals surface area (Å²) in [4.78, 5) is 10.7. The molecule has 0 bridgehead atoms. The van der Waals surface area contributed by atoms with E-state index in [9.17, 15) is 10.1 Å². The topological polar surface area (TPSA) is 61.0 Å². The fourth-order valence-electron chi connectivity index (χ4n) is 2.88. The summed E-state index contributed by atoms with van der Waals surface area (Å²) in [6.45, 7) is 4.27. The average molecular weight is 316 g/mol. The second-order valence-corrected chi connectivity index (χ2v) is 5.84. The van der Waals surface area contributed by atoms with Gasteiger partial charge < -0.3 is 0 Å². The van der Waals surface area contributed by atoms with Crippen LogP contribution in [0.1, 0.15) is 37.1 Å². The first-order valence-electron chi connectivity index (χ1n) is 6.23. The van der Waals surface area contributed by atoms with Gasteiger partial charge in [0.15, 0.2) is 0 Å². The van der Waals surface area contributed by atoms with E-state index >= 15 is 0 Å². The Labute approximate surface area is 115 Å². The summed E-state index contributed by atoms with van der Waals surface area (Å²) in [5, 5.41) is 16.3. The molecule has 1 aromatic heterocycles. The molecule has 1 fully saturated rings. The van der Waals surface area contributed by atoms with Gasteiger partial charge in [-0.2, -0.15) is 5.10 Å². The van der Waals surface area contributed by atoms with Crippen LogP contribution in [0.4, 0.5) is 5.69 Å². The Balaban J connectivity index is 2.29. The molecule has 0 aliphatic heterocycles. The summed E-state index contributed by atoms with van der Waals surface area (Å²) < 4.78 is 1.82. The largest absolute Gasteiger partial charge is 0.312 e. The van der Waals surface area contributed by atoms with Crippen molar-refractivity contribution in [3.05, 3.63) is 21.5 Å². The Morgan fingerprint density at radius 2 is 2.06 bits per heavy atom. The molecule has 1 aliphatic carbocycles. The van der Waals surface area contributed by atoms with Crippen LogP contribution in [0, 0.1) is 29.4 Å². The standard InChI is InChI=1S/C12H18BrN3O2/c1-9-11(16(17)18)10(2)15(14-9)8-12(7-13)5-3-4-6-12/h3-8H2,1-2H3. The fraction of sp³-hybridized carbons (Fsp3) is 0.750. The van der Waals surface area contributed by atoms with E-state index in [0.29, 0.717) is 11.4 Å². The Hall–Kier alpha value is -0.910. The summed E-state index contributed by atoms with van der Waals surface area (Å²) >= 11 is 3.59. The number of halogens is 1. The molecule has 0 saturated heterocycles. The molecule has 0 unspecified atom stereocenters. The number of rotatable bonds is 4. The van der Waals surface area contributed by atoms with Gasteiger partial charge in [-0.15, -0.1) is 0 Å². The van der Waals surface area contributed by atoms with Crippen LogP contribution < -0.4 is 0 Å². The average Bonchev–Trinajstić information content (AvgIpc) is 2.86. The van der Waals surface area contributed by atoms with Crippen LogP contribution in [0.2, 0.25) is 0 Å². The third kappa shape index (κ3) is 2.30. The van der Waals surface area contributed by atoms with E-state index in [0.717, 1.165) is 11.9 Å². The maximum absolute atomic E-state index is 11.0. The van der Waals surface area contributed by atoms with Gasteiger partial charge >= 0.3 is 5.69 Å². The number of nitro groups is 1. The van der Waals surface area contributed by atoms with E-state index in [2.05, 4.69) is 21.0 Å². The van der Waals surface area contributed by atoms with E-state index in [4.69, 9.17) is 0 Å². The molecule has 1 aliphatic rings. The molecule has 2 rings (SSSR count).